The summed E-state index contributed by atoms with van der Waals surface area (Å²) in [7, 11) is -3.97. The van der Waals surface area contributed by atoms with Crippen molar-refractivity contribution < 1.29 is 22.7 Å². The average molecular weight is 381 g/mol. The lowest BCUT2D eigenvalue weighted by molar-refractivity contribution is -0.125. The molecular formula is C17H23N3O5S. The standard InChI is InChI=1S/C17H23N3O5S/c21-17(13-4-1-3-11-10-18-19-16(11)13)20-26(22,23)12-5-6-14-15(9-12)25-8-2-7-24-14/h5-6,9,11,13,16,18-19H,1-4,7-8,10H2,(H,20,21). The van der Waals surface area contributed by atoms with E-state index in [1.54, 1.807) is 6.07 Å². The number of hydrogen-bond acceptors (Lipinski definition) is 7. The highest BCUT2D eigenvalue weighted by molar-refractivity contribution is 7.90. The van der Waals surface area contributed by atoms with E-state index in [1.807, 2.05) is 0 Å². The third-order valence-electron chi connectivity index (χ3n) is 5.27. The normalized spacial score (nSPS) is 28.1. The van der Waals surface area contributed by atoms with Crippen LogP contribution in [0.3, 0.4) is 0 Å². The zero-order chi connectivity index (χ0) is 18.1. The summed E-state index contributed by atoms with van der Waals surface area (Å²) in [5, 5.41) is 0. The molecule has 0 radical (unpaired) electrons. The van der Waals surface area contributed by atoms with Gasteiger partial charge < -0.3 is 9.47 Å². The average Bonchev–Trinajstić information content (AvgIpc) is 2.98. The Balaban J connectivity index is 1.51. The van der Waals surface area contributed by atoms with Gasteiger partial charge in [0.1, 0.15) is 0 Å². The van der Waals surface area contributed by atoms with Gasteiger partial charge in [0.05, 0.1) is 24.0 Å². The molecule has 2 heterocycles. The van der Waals surface area contributed by atoms with Gasteiger partial charge in [0.25, 0.3) is 10.0 Å². The molecule has 3 N–H and O–H groups in total. The minimum Gasteiger partial charge on any atom is -0.490 e. The highest BCUT2D eigenvalue weighted by Gasteiger charge is 2.41. The molecule has 0 bridgehead atoms. The van der Waals surface area contributed by atoms with E-state index in [0.29, 0.717) is 37.1 Å². The molecule has 3 unspecified atom stereocenters. The van der Waals surface area contributed by atoms with E-state index in [2.05, 4.69) is 15.6 Å². The quantitative estimate of drug-likeness (QED) is 0.702. The topological polar surface area (TPSA) is 106 Å². The van der Waals surface area contributed by atoms with Crippen molar-refractivity contribution in [2.45, 2.75) is 36.6 Å². The van der Waals surface area contributed by atoms with E-state index in [-0.39, 0.29) is 16.9 Å². The number of amides is 1. The maximum absolute atomic E-state index is 12.7. The molecule has 2 aliphatic heterocycles. The highest BCUT2D eigenvalue weighted by atomic mass is 32.2. The molecule has 1 aliphatic carbocycles. The first kappa shape index (κ1) is 17.6. The summed E-state index contributed by atoms with van der Waals surface area (Å²) < 4.78 is 38.7. The summed E-state index contributed by atoms with van der Waals surface area (Å²) in [4.78, 5) is 12.7. The van der Waals surface area contributed by atoms with Gasteiger partial charge in [-0.1, -0.05) is 6.42 Å². The number of fused-ring (bicyclic) bond motifs is 2. The molecule has 2 fully saturated rings. The summed E-state index contributed by atoms with van der Waals surface area (Å²) in [6.07, 6.45) is 3.38. The van der Waals surface area contributed by atoms with E-state index in [1.165, 1.54) is 12.1 Å². The van der Waals surface area contributed by atoms with Crippen molar-refractivity contribution in [1.29, 1.82) is 0 Å². The van der Waals surface area contributed by atoms with Crippen LogP contribution < -0.4 is 25.0 Å². The van der Waals surface area contributed by atoms with Crippen molar-refractivity contribution in [3.05, 3.63) is 18.2 Å². The first-order chi connectivity index (χ1) is 12.5. The number of carbonyl (C=O) groups excluding carboxylic acids is 1. The van der Waals surface area contributed by atoms with Crippen LogP contribution in [0.1, 0.15) is 25.7 Å². The van der Waals surface area contributed by atoms with Crippen LogP contribution in [0.25, 0.3) is 0 Å². The van der Waals surface area contributed by atoms with E-state index < -0.39 is 15.9 Å². The first-order valence-electron chi connectivity index (χ1n) is 8.99. The zero-order valence-electron chi connectivity index (χ0n) is 14.4. The van der Waals surface area contributed by atoms with E-state index in [9.17, 15) is 13.2 Å². The van der Waals surface area contributed by atoms with Gasteiger partial charge in [-0.2, -0.15) is 0 Å². The second-order valence-corrected chi connectivity index (χ2v) is 8.66. The Bertz CT molecular complexity index is 798. The minimum atomic E-state index is -3.97. The number of hydrogen-bond donors (Lipinski definition) is 3. The van der Waals surface area contributed by atoms with Gasteiger partial charge in [-0.25, -0.2) is 13.1 Å². The molecule has 9 heteroatoms. The van der Waals surface area contributed by atoms with Crippen LogP contribution in [0.4, 0.5) is 0 Å². The van der Waals surface area contributed by atoms with Crippen LogP contribution in [0.2, 0.25) is 0 Å². The molecule has 0 aromatic heterocycles. The second-order valence-electron chi connectivity index (χ2n) is 6.98. The molecule has 3 atom stereocenters. The number of sulfonamides is 1. The second kappa shape index (κ2) is 7.05. The van der Waals surface area contributed by atoms with Gasteiger partial charge in [0.2, 0.25) is 5.91 Å². The summed E-state index contributed by atoms with van der Waals surface area (Å²) in [5.41, 5.74) is 6.19. The van der Waals surface area contributed by atoms with Crippen LogP contribution in [0.15, 0.2) is 23.1 Å². The zero-order valence-corrected chi connectivity index (χ0v) is 15.2. The predicted molar refractivity (Wildman–Crippen MR) is 93.1 cm³/mol. The van der Waals surface area contributed by atoms with Crippen LogP contribution in [0.5, 0.6) is 11.5 Å². The van der Waals surface area contributed by atoms with Gasteiger partial charge in [0.15, 0.2) is 11.5 Å². The fraction of sp³-hybridized carbons (Fsp3) is 0.588. The van der Waals surface area contributed by atoms with Crippen LogP contribution in [-0.2, 0) is 14.8 Å². The Morgan fingerprint density at radius 3 is 2.77 bits per heavy atom. The maximum atomic E-state index is 12.7. The number of hydrazine groups is 1. The fourth-order valence-corrected chi connectivity index (χ4v) is 4.96. The summed E-state index contributed by atoms with van der Waals surface area (Å²) >= 11 is 0. The van der Waals surface area contributed by atoms with Crippen LogP contribution >= 0.6 is 0 Å². The van der Waals surface area contributed by atoms with Crippen LogP contribution in [0, 0.1) is 11.8 Å². The third-order valence-corrected chi connectivity index (χ3v) is 6.61. The summed E-state index contributed by atoms with van der Waals surface area (Å²) in [6, 6.07) is 4.39. The molecule has 1 amide bonds. The van der Waals surface area contributed by atoms with Crippen molar-refractivity contribution in [2.75, 3.05) is 19.8 Å². The lowest BCUT2D eigenvalue weighted by atomic mass is 9.78. The Morgan fingerprint density at radius 2 is 1.92 bits per heavy atom. The molecule has 1 saturated carbocycles. The molecule has 0 spiro atoms. The van der Waals surface area contributed by atoms with Gasteiger partial charge in [0, 0.05) is 25.1 Å². The lowest BCUT2D eigenvalue weighted by Crippen LogP contribution is -2.48. The maximum Gasteiger partial charge on any atom is 0.264 e. The monoisotopic (exact) mass is 381 g/mol. The highest BCUT2D eigenvalue weighted by Crippen LogP contribution is 2.33. The molecule has 1 aromatic carbocycles. The molecule has 3 aliphatic rings. The van der Waals surface area contributed by atoms with Gasteiger partial charge >= 0.3 is 0 Å². The Morgan fingerprint density at radius 1 is 1.12 bits per heavy atom. The molecule has 1 aromatic rings. The van der Waals surface area contributed by atoms with Crippen molar-refractivity contribution in [3.8, 4) is 11.5 Å². The molecular weight excluding hydrogens is 358 g/mol. The number of carbonyl (C=O) groups is 1. The first-order valence-corrected chi connectivity index (χ1v) is 10.5. The van der Waals surface area contributed by atoms with E-state index in [4.69, 9.17) is 9.47 Å². The number of ether oxygens (including phenoxy) is 2. The Labute approximate surface area is 152 Å². The smallest absolute Gasteiger partial charge is 0.264 e. The lowest BCUT2D eigenvalue weighted by Gasteiger charge is -2.31. The van der Waals surface area contributed by atoms with E-state index >= 15 is 0 Å². The van der Waals surface area contributed by atoms with Crippen molar-refractivity contribution in [2.24, 2.45) is 11.8 Å². The Hall–Kier alpha value is -1.84. The van der Waals surface area contributed by atoms with Crippen LogP contribution in [-0.4, -0.2) is 40.1 Å². The number of rotatable bonds is 3. The largest absolute Gasteiger partial charge is 0.490 e. The molecule has 8 nitrogen and oxygen atoms in total. The minimum absolute atomic E-state index is 0.0000319. The van der Waals surface area contributed by atoms with Crippen molar-refractivity contribution in [3.63, 3.8) is 0 Å². The number of nitrogens with one attached hydrogen (secondary N) is 3. The third kappa shape index (κ3) is 3.38. The SMILES string of the molecule is O=C(NS(=O)(=O)c1ccc2c(c1)OCCCO2)C1CCCC2CNNC21. The molecule has 142 valence electrons. The van der Waals surface area contributed by atoms with Crippen molar-refractivity contribution >= 4 is 15.9 Å². The van der Waals surface area contributed by atoms with Gasteiger partial charge in [-0.3, -0.25) is 15.6 Å². The number of benzene rings is 1. The summed E-state index contributed by atoms with van der Waals surface area (Å²) in [5.74, 6) is 0.448. The van der Waals surface area contributed by atoms with E-state index in [0.717, 1.165) is 25.8 Å². The fourth-order valence-electron chi connectivity index (χ4n) is 3.91. The molecule has 4 rings (SSSR count). The summed E-state index contributed by atoms with van der Waals surface area (Å²) in [6.45, 7) is 1.80. The molecule has 1 saturated heterocycles. The Kier molecular flexibility index (Phi) is 4.76. The predicted octanol–water partition coefficient (Wildman–Crippen LogP) is 0.546. The molecule has 26 heavy (non-hydrogen) atoms. The van der Waals surface area contributed by atoms with Gasteiger partial charge in [-0.15, -0.1) is 0 Å². The van der Waals surface area contributed by atoms with Crippen molar-refractivity contribution in [1.82, 2.24) is 15.6 Å². The van der Waals surface area contributed by atoms with Gasteiger partial charge in [-0.05, 0) is 30.9 Å².